The van der Waals surface area contributed by atoms with E-state index in [9.17, 15) is 14.7 Å². The number of carbonyl (C=O) groups is 2. The number of hydrogen-bond donors (Lipinski definition) is 3. The Balaban J connectivity index is 4.17. The van der Waals surface area contributed by atoms with Crippen LogP contribution in [0, 0.1) is 5.41 Å². The molecule has 0 aromatic rings. The van der Waals surface area contributed by atoms with Crippen LogP contribution in [-0.2, 0) is 14.3 Å². The molecule has 19 heavy (non-hydrogen) atoms. The molecule has 0 saturated carbocycles. The lowest BCUT2D eigenvalue weighted by molar-refractivity contribution is -0.151. The van der Waals surface area contributed by atoms with E-state index in [4.69, 9.17) is 4.74 Å². The molecule has 6 heteroatoms. The third-order valence-electron chi connectivity index (χ3n) is 3.64. The van der Waals surface area contributed by atoms with Gasteiger partial charge in [0.2, 0.25) is 5.91 Å². The molecule has 0 atom stereocenters. The van der Waals surface area contributed by atoms with Crippen molar-refractivity contribution < 1.29 is 19.4 Å². The standard InChI is InChI=1S/C13H26N2O4/c1-12(2,11(17)18)13(3,4)15-9-10(16)14-7-6-8-19-5/h15H,6-9H2,1-5H3,(H,14,16)(H,17,18). The first kappa shape index (κ1) is 17.9. The van der Waals surface area contributed by atoms with Crippen LogP contribution in [-0.4, -0.2) is 49.3 Å². The monoisotopic (exact) mass is 274 g/mol. The fraction of sp³-hybridized carbons (Fsp3) is 0.846. The van der Waals surface area contributed by atoms with Crippen molar-refractivity contribution >= 4 is 11.9 Å². The molecular formula is C13H26N2O4. The van der Waals surface area contributed by atoms with Crippen LogP contribution in [0.4, 0.5) is 0 Å². The zero-order chi connectivity index (χ0) is 15.1. The molecule has 0 aromatic heterocycles. The van der Waals surface area contributed by atoms with Crippen LogP contribution in [0.2, 0.25) is 0 Å². The fourth-order valence-electron chi connectivity index (χ4n) is 1.30. The highest BCUT2D eigenvalue weighted by Gasteiger charge is 2.43. The Hall–Kier alpha value is -1.14. The first-order valence-corrected chi connectivity index (χ1v) is 6.39. The van der Waals surface area contributed by atoms with Crippen LogP contribution in [0.1, 0.15) is 34.1 Å². The van der Waals surface area contributed by atoms with Crippen molar-refractivity contribution in [3.63, 3.8) is 0 Å². The Morgan fingerprint density at radius 3 is 2.26 bits per heavy atom. The summed E-state index contributed by atoms with van der Waals surface area (Å²) in [6, 6.07) is 0. The van der Waals surface area contributed by atoms with Gasteiger partial charge in [-0.2, -0.15) is 0 Å². The molecule has 0 aromatic carbocycles. The van der Waals surface area contributed by atoms with Gasteiger partial charge in [-0.05, 0) is 34.1 Å². The minimum atomic E-state index is -0.969. The molecule has 0 saturated heterocycles. The second kappa shape index (κ2) is 7.45. The number of rotatable bonds is 9. The van der Waals surface area contributed by atoms with E-state index in [1.807, 2.05) is 0 Å². The van der Waals surface area contributed by atoms with Crippen molar-refractivity contribution in [1.29, 1.82) is 0 Å². The Kier molecular flexibility index (Phi) is 7.00. The second-order valence-electron chi connectivity index (χ2n) is 5.61. The maximum atomic E-state index is 11.6. The Morgan fingerprint density at radius 1 is 1.21 bits per heavy atom. The molecule has 3 N–H and O–H groups in total. The van der Waals surface area contributed by atoms with Gasteiger partial charge in [-0.1, -0.05) is 0 Å². The SMILES string of the molecule is COCCCNC(=O)CNC(C)(C)C(C)(C)C(=O)O. The van der Waals surface area contributed by atoms with Crippen molar-refractivity contribution in [2.24, 2.45) is 5.41 Å². The summed E-state index contributed by atoms with van der Waals surface area (Å²) in [7, 11) is 1.61. The van der Waals surface area contributed by atoms with Crippen LogP contribution in [0.15, 0.2) is 0 Å². The maximum absolute atomic E-state index is 11.6. The van der Waals surface area contributed by atoms with Crippen LogP contribution < -0.4 is 10.6 Å². The number of aliphatic carboxylic acids is 1. The number of hydrogen-bond acceptors (Lipinski definition) is 4. The molecule has 0 spiro atoms. The summed E-state index contributed by atoms with van der Waals surface area (Å²) in [4.78, 5) is 22.8. The summed E-state index contributed by atoms with van der Waals surface area (Å²) in [5.41, 5.74) is -1.66. The molecule has 0 unspecified atom stereocenters. The van der Waals surface area contributed by atoms with E-state index in [0.29, 0.717) is 13.2 Å². The van der Waals surface area contributed by atoms with Crippen molar-refractivity contribution in [1.82, 2.24) is 10.6 Å². The molecule has 0 rings (SSSR count). The number of methoxy groups -OCH3 is 1. The number of carbonyl (C=O) groups excluding carboxylic acids is 1. The molecule has 0 heterocycles. The molecule has 112 valence electrons. The van der Waals surface area contributed by atoms with E-state index in [2.05, 4.69) is 10.6 Å². The molecule has 0 fully saturated rings. The van der Waals surface area contributed by atoms with E-state index in [1.165, 1.54) is 0 Å². The molecule has 0 aliphatic rings. The summed E-state index contributed by atoms with van der Waals surface area (Å²) in [5, 5.41) is 14.9. The highest BCUT2D eigenvalue weighted by Crippen LogP contribution is 2.30. The average Bonchev–Trinajstić information content (AvgIpc) is 2.31. The van der Waals surface area contributed by atoms with E-state index in [0.717, 1.165) is 6.42 Å². The smallest absolute Gasteiger partial charge is 0.310 e. The number of nitrogens with one attached hydrogen (secondary N) is 2. The zero-order valence-electron chi connectivity index (χ0n) is 12.5. The van der Waals surface area contributed by atoms with Gasteiger partial charge >= 0.3 is 5.97 Å². The van der Waals surface area contributed by atoms with Gasteiger partial charge in [-0.15, -0.1) is 0 Å². The van der Waals surface area contributed by atoms with Gasteiger partial charge in [0.15, 0.2) is 0 Å². The number of carboxylic acids is 1. The largest absolute Gasteiger partial charge is 0.481 e. The molecule has 0 aliphatic heterocycles. The van der Waals surface area contributed by atoms with Gasteiger partial charge < -0.3 is 20.5 Å². The minimum Gasteiger partial charge on any atom is -0.481 e. The topological polar surface area (TPSA) is 87.7 Å². The van der Waals surface area contributed by atoms with E-state index >= 15 is 0 Å². The fourth-order valence-corrected chi connectivity index (χ4v) is 1.30. The third-order valence-corrected chi connectivity index (χ3v) is 3.64. The van der Waals surface area contributed by atoms with E-state index in [-0.39, 0.29) is 12.5 Å². The summed E-state index contributed by atoms with van der Waals surface area (Å²) in [6.45, 7) is 8.08. The lowest BCUT2D eigenvalue weighted by Gasteiger charge is -2.38. The predicted molar refractivity (Wildman–Crippen MR) is 73.0 cm³/mol. The van der Waals surface area contributed by atoms with Crippen molar-refractivity contribution in [3.8, 4) is 0 Å². The summed E-state index contributed by atoms with van der Waals surface area (Å²) < 4.78 is 4.88. The van der Waals surface area contributed by atoms with E-state index in [1.54, 1.807) is 34.8 Å². The lowest BCUT2D eigenvalue weighted by Crippen LogP contribution is -2.57. The van der Waals surface area contributed by atoms with Gasteiger partial charge in [0.25, 0.3) is 0 Å². The van der Waals surface area contributed by atoms with Crippen molar-refractivity contribution in [2.75, 3.05) is 26.8 Å². The Labute approximate surface area is 114 Å². The van der Waals surface area contributed by atoms with Crippen LogP contribution in [0.3, 0.4) is 0 Å². The quantitative estimate of drug-likeness (QED) is 0.536. The molecule has 0 bridgehead atoms. The third kappa shape index (κ3) is 5.57. The predicted octanol–water partition coefficient (Wildman–Crippen LogP) is 0.618. The number of amides is 1. The van der Waals surface area contributed by atoms with Gasteiger partial charge in [-0.25, -0.2) is 0 Å². The first-order chi connectivity index (χ1) is 8.65. The normalized spacial score (nSPS) is 12.3. The summed E-state index contributed by atoms with van der Waals surface area (Å²) in [6.07, 6.45) is 0.756. The van der Waals surface area contributed by atoms with Crippen LogP contribution in [0.25, 0.3) is 0 Å². The molecule has 6 nitrogen and oxygen atoms in total. The minimum absolute atomic E-state index is 0.0939. The maximum Gasteiger partial charge on any atom is 0.310 e. The zero-order valence-corrected chi connectivity index (χ0v) is 12.5. The van der Waals surface area contributed by atoms with Gasteiger partial charge in [0.1, 0.15) is 0 Å². The number of carboxylic acid groups (broad SMARTS) is 1. The van der Waals surface area contributed by atoms with Crippen molar-refractivity contribution in [3.05, 3.63) is 0 Å². The number of ether oxygens (including phenoxy) is 1. The first-order valence-electron chi connectivity index (χ1n) is 6.39. The highest BCUT2D eigenvalue weighted by atomic mass is 16.5. The molecular weight excluding hydrogens is 248 g/mol. The van der Waals surface area contributed by atoms with Crippen LogP contribution in [0.5, 0.6) is 0 Å². The summed E-state index contributed by atoms with van der Waals surface area (Å²) in [5.74, 6) is -1.05. The van der Waals surface area contributed by atoms with Crippen LogP contribution >= 0.6 is 0 Å². The van der Waals surface area contributed by atoms with Gasteiger partial charge in [-0.3, -0.25) is 9.59 Å². The van der Waals surface area contributed by atoms with E-state index < -0.39 is 16.9 Å². The molecule has 0 radical (unpaired) electrons. The molecule has 1 amide bonds. The summed E-state index contributed by atoms with van der Waals surface area (Å²) >= 11 is 0. The average molecular weight is 274 g/mol. The van der Waals surface area contributed by atoms with Gasteiger partial charge in [0, 0.05) is 25.8 Å². The van der Waals surface area contributed by atoms with Gasteiger partial charge in [0.05, 0.1) is 12.0 Å². The lowest BCUT2D eigenvalue weighted by atomic mass is 9.74. The molecule has 0 aliphatic carbocycles. The Morgan fingerprint density at radius 2 is 1.79 bits per heavy atom. The van der Waals surface area contributed by atoms with Crippen molar-refractivity contribution in [2.45, 2.75) is 39.7 Å². The Bertz CT molecular complexity index is 314. The highest BCUT2D eigenvalue weighted by molar-refractivity contribution is 5.79. The second-order valence-corrected chi connectivity index (χ2v) is 5.61.